The fourth-order valence-electron chi connectivity index (χ4n) is 3.14. The fourth-order valence-corrected chi connectivity index (χ4v) is 3.52. The van der Waals surface area contributed by atoms with Crippen LogP contribution in [0.4, 0.5) is 5.82 Å². The van der Waals surface area contributed by atoms with Crippen molar-refractivity contribution >= 4 is 34.9 Å². The van der Waals surface area contributed by atoms with Crippen LogP contribution in [0.1, 0.15) is 29.4 Å². The highest BCUT2D eigenvalue weighted by Gasteiger charge is 2.32. The molecule has 1 aliphatic rings. The molecule has 0 aliphatic carbocycles. The van der Waals surface area contributed by atoms with Gasteiger partial charge in [-0.1, -0.05) is 35.3 Å². The van der Waals surface area contributed by atoms with Crippen LogP contribution in [0.5, 0.6) is 0 Å². The van der Waals surface area contributed by atoms with E-state index in [9.17, 15) is 4.79 Å². The van der Waals surface area contributed by atoms with E-state index >= 15 is 0 Å². The number of aromatic nitrogens is 1. The monoisotopic (exact) mass is 405 g/mol. The van der Waals surface area contributed by atoms with Gasteiger partial charge in [-0.2, -0.15) is 0 Å². The average Bonchev–Trinajstić information content (AvgIpc) is 2.65. The molecular weight excluding hydrogens is 385 g/mol. The number of hydrogen-bond donors (Lipinski definition) is 2. The molecule has 0 saturated carbocycles. The Kier molecular flexibility index (Phi) is 5.60. The number of anilines is 1. The van der Waals surface area contributed by atoms with E-state index in [0.717, 1.165) is 11.4 Å². The van der Waals surface area contributed by atoms with Crippen LogP contribution in [0.3, 0.4) is 0 Å². The Morgan fingerprint density at radius 3 is 2.67 bits per heavy atom. The number of benzene rings is 1. The molecule has 2 heterocycles. The number of hydrazine groups is 1. The summed E-state index contributed by atoms with van der Waals surface area (Å²) in [5, 5.41) is 2.08. The molecule has 0 spiro atoms. The summed E-state index contributed by atoms with van der Waals surface area (Å²) >= 11 is 12.2. The second-order valence-electron chi connectivity index (χ2n) is 6.44. The van der Waals surface area contributed by atoms with Crippen LogP contribution < -0.4 is 16.6 Å². The van der Waals surface area contributed by atoms with Crippen molar-refractivity contribution in [2.45, 2.75) is 26.3 Å². The molecule has 0 fully saturated rings. The maximum Gasteiger partial charge on any atom is 0.255 e. The van der Waals surface area contributed by atoms with E-state index in [1.165, 1.54) is 5.01 Å². The van der Waals surface area contributed by atoms with Gasteiger partial charge in [-0.05, 0) is 38.1 Å². The lowest BCUT2D eigenvalue weighted by atomic mass is 10.0. The Hall–Kier alpha value is -2.28. The number of carbonyl (C=O) groups excluding carboxylic acids is 1. The molecule has 0 saturated heterocycles. The molecule has 1 aliphatic heterocycles. The van der Waals surface area contributed by atoms with Crippen LogP contribution in [0, 0.1) is 6.92 Å². The lowest BCUT2D eigenvalue weighted by Crippen LogP contribution is -2.49. The van der Waals surface area contributed by atoms with Gasteiger partial charge in [0.1, 0.15) is 5.82 Å². The third-order valence-electron chi connectivity index (χ3n) is 4.69. The Balaban J connectivity index is 1.88. The number of nitrogens with zero attached hydrogens (tertiary/aromatic N) is 3. The average molecular weight is 406 g/mol. The maximum absolute atomic E-state index is 13.0. The predicted octanol–water partition coefficient (Wildman–Crippen LogP) is 3.48. The van der Waals surface area contributed by atoms with Gasteiger partial charge in [0, 0.05) is 18.7 Å². The summed E-state index contributed by atoms with van der Waals surface area (Å²) in [6.45, 7) is 4.22. The highest BCUT2D eigenvalue weighted by atomic mass is 35.5. The number of carbonyl (C=O) groups is 1. The van der Waals surface area contributed by atoms with E-state index in [4.69, 9.17) is 34.8 Å². The van der Waals surface area contributed by atoms with E-state index in [1.807, 2.05) is 32.0 Å². The van der Waals surface area contributed by atoms with Gasteiger partial charge in [0.25, 0.3) is 5.91 Å². The first-order chi connectivity index (χ1) is 12.8. The van der Waals surface area contributed by atoms with Crippen molar-refractivity contribution in [3.63, 3.8) is 0 Å². The topological polar surface area (TPSA) is 88.5 Å². The summed E-state index contributed by atoms with van der Waals surface area (Å²) in [6, 6.07) is 10.3. The van der Waals surface area contributed by atoms with Crippen LogP contribution in [-0.4, -0.2) is 28.4 Å². The molecule has 1 aromatic carbocycles. The number of amides is 1. The van der Waals surface area contributed by atoms with E-state index in [0.29, 0.717) is 35.1 Å². The number of nitrogens with two attached hydrogens (primary N) is 2. The molecule has 142 valence electrons. The fraction of sp³-hybridized carbons (Fsp3) is 0.263. The molecule has 0 radical (unpaired) electrons. The zero-order valence-corrected chi connectivity index (χ0v) is 16.6. The Morgan fingerprint density at radius 2 is 1.96 bits per heavy atom. The molecule has 0 bridgehead atoms. The van der Waals surface area contributed by atoms with Gasteiger partial charge in [-0.3, -0.25) is 9.80 Å². The van der Waals surface area contributed by atoms with Gasteiger partial charge in [0.2, 0.25) is 0 Å². The zero-order chi connectivity index (χ0) is 19.7. The number of rotatable bonds is 3. The third-order valence-corrected chi connectivity index (χ3v) is 5.51. The predicted molar refractivity (Wildman–Crippen MR) is 108 cm³/mol. The molecule has 4 N–H and O–H groups in total. The summed E-state index contributed by atoms with van der Waals surface area (Å²) in [4.78, 5) is 19.1. The molecular formula is C19H21Cl2N5O. The summed E-state index contributed by atoms with van der Waals surface area (Å²) in [7, 11) is 0. The Labute approximate surface area is 168 Å². The molecule has 3 rings (SSSR count). The molecule has 27 heavy (non-hydrogen) atoms. The van der Waals surface area contributed by atoms with Gasteiger partial charge < -0.3 is 10.6 Å². The van der Waals surface area contributed by atoms with Crippen LogP contribution in [-0.2, 0) is 0 Å². The third kappa shape index (κ3) is 3.74. The first-order valence-electron chi connectivity index (χ1n) is 8.53. The number of hydrogen-bond acceptors (Lipinski definition) is 5. The smallest absolute Gasteiger partial charge is 0.255 e. The quantitative estimate of drug-likeness (QED) is 0.602. The lowest BCUT2D eigenvalue weighted by molar-refractivity contribution is 0.0704. The molecule has 1 atom stereocenters. The Bertz CT molecular complexity index is 915. The van der Waals surface area contributed by atoms with Crippen molar-refractivity contribution in [1.82, 2.24) is 9.88 Å². The van der Waals surface area contributed by atoms with Gasteiger partial charge in [0.15, 0.2) is 0 Å². The van der Waals surface area contributed by atoms with Crippen molar-refractivity contribution in [3.05, 3.63) is 69.1 Å². The molecule has 1 amide bonds. The molecule has 8 heteroatoms. The maximum atomic E-state index is 13.0. The molecule has 2 aromatic rings. The lowest BCUT2D eigenvalue weighted by Gasteiger charge is -2.37. The van der Waals surface area contributed by atoms with Gasteiger partial charge in [0.05, 0.1) is 33.0 Å². The largest absolute Gasteiger partial charge is 0.399 e. The van der Waals surface area contributed by atoms with Crippen molar-refractivity contribution in [2.75, 3.05) is 11.6 Å². The van der Waals surface area contributed by atoms with Crippen LogP contribution in [0.15, 0.2) is 47.8 Å². The minimum Gasteiger partial charge on any atom is -0.399 e. The minimum absolute atomic E-state index is 0.214. The first-order valence-corrected chi connectivity index (χ1v) is 9.28. The van der Waals surface area contributed by atoms with E-state index in [1.54, 1.807) is 23.1 Å². The Morgan fingerprint density at radius 1 is 1.26 bits per heavy atom. The number of aryl methyl sites for hydroxylation is 1. The van der Waals surface area contributed by atoms with Gasteiger partial charge in [-0.15, -0.1) is 0 Å². The van der Waals surface area contributed by atoms with Crippen molar-refractivity contribution in [2.24, 2.45) is 11.6 Å². The summed E-state index contributed by atoms with van der Waals surface area (Å²) in [6.07, 6.45) is 0.506. The highest BCUT2D eigenvalue weighted by Crippen LogP contribution is 2.30. The van der Waals surface area contributed by atoms with Crippen LogP contribution >= 0.6 is 23.2 Å². The van der Waals surface area contributed by atoms with Gasteiger partial charge >= 0.3 is 0 Å². The molecule has 1 aromatic heterocycles. The SMILES string of the molecule is Cc1cccc(N(N)C2=C(N)C(C)N(C(=O)c3cccc(Cl)c3Cl)CC2)n1. The number of halogens is 2. The number of pyridine rings is 1. The van der Waals surface area contributed by atoms with Crippen LogP contribution in [0.2, 0.25) is 10.0 Å². The van der Waals surface area contributed by atoms with Crippen molar-refractivity contribution in [3.8, 4) is 0 Å². The summed E-state index contributed by atoms with van der Waals surface area (Å²) in [5.41, 5.74) is 8.85. The minimum atomic E-state index is -0.341. The second kappa shape index (κ2) is 7.76. The summed E-state index contributed by atoms with van der Waals surface area (Å²) in [5.74, 6) is 6.65. The normalized spacial score (nSPS) is 17.2. The van der Waals surface area contributed by atoms with Gasteiger partial charge in [-0.25, -0.2) is 10.8 Å². The highest BCUT2D eigenvalue weighted by molar-refractivity contribution is 6.43. The molecule has 6 nitrogen and oxygen atoms in total. The second-order valence-corrected chi connectivity index (χ2v) is 7.22. The zero-order valence-electron chi connectivity index (χ0n) is 15.1. The van der Waals surface area contributed by atoms with Crippen molar-refractivity contribution < 1.29 is 4.79 Å². The van der Waals surface area contributed by atoms with E-state index in [-0.39, 0.29) is 17.0 Å². The standard InChI is InChI=1S/C19H21Cl2N5O/c1-11-5-3-8-16(24-11)26(23)15-9-10-25(12(2)18(15)22)19(27)13-6-4-7-14(20)17(13)21/h3-8,12H,9-10,22-23H2,1-2H3. The van der Waals surface area contributed by atoms with Crippen LogP contribution in [0.25, 0.3) is 0 Å². The van der Waals surface area contributed by atoms with E-state index in [2.05, 4.69) is 4.98 Å². The molecule has 1 unspecified atom stereocenters. The first kappa shape index (κ1) is 19.5. The van der Waals surface area contributed by atoms with Crippen molar-refractivity contribution in [1.29, 1.82) is 0 Å². The van der Waals surface area contributed by atoms with E-state index < -0.39 is 0 Å². The summed E-state index contributed by atoms with van der Waals surface area (Å²) < 4.78 is 0.